The fourth-order valence-corrected chi connectivity index (χ4v) is 6.24. The average Bonchev–Trinajstić information content (AvgIpc) is 3.69. The number of halogens is 1. The second-order valence-corrected chi connectivity index (χ2v) is 10.6. The molecule has 3 heterocycles. The molecular formula is C32H22BBrN2O2. The number of hydrogen-bond donors (Lipinski definition) is 0. The van der Waals surface area contributed by atoms with Gasteiger partial charge in [0.1, 0.15) is 0 Å². The van der Waals surface area contributed by atoms with E-state index in [1.54, 1.807) is 0 Å². The van der Waals surface area contributed by atoms with Gasteiger partial charge >= 0.3 is 7.12 Å². The maximum absolute atomic E-state index is 5.71. The Morgan fingerprint density at radius 2 is 1.16 bits per heavy atom. The maximum atomic E-state index is 5.71. The Balaban J connectivity index is 1.47. The summed E-state index contributed by atoms with van der Waals surface area (Å²) in [6.07, 6.45) is 0. The Kier molecular flexibility index (Phi) is 5.02. The van der Waals surface area contributed by atoms with Gasteiger partial charge < -0.3 is 18.4 Å². The SMILES string of the molecule is Brc1ccc(-n2c3ccccc3c3ccc4c(c5ccccc5n4-c4ccc(B5OCCO5)cc4)c32)cc1. The van der Waals surface area contributed by atoms with Gasteiger partial charge in [-0.3, -0.25) is 0 Å². The number of para-hydroxylation sites is 2. The van der Waals surface area contributed by atoms with Gasteiger partial charge in [-0.2, -0.15) is 0 Å². The van der Waals surface area contributed by atoms with Gasteiger partial charge in [-0.25, -0.2) is 0 Å². The van der Waals surface area contributed by atoms with Crippen molar-refractivity contribution in [2.75, 3.05) is 13.2 Å². The van der Waals surface area contributed by atoms with Crippen molar-refractivity contribution in [3.05, 3.63) is 114 Å². The molecular weight excluding hydrogens is 535 g/mol. The molecule has 0 atom stereocenters. The highest BCUT2D eigenvalue weighted by Gasteiger charge is 2.26. The Morgan fingerprint density at radius 1 is 0.553 bits per heavy atom. The molecule has 1 aliphatic rings. The fourth-order valence-electron chi connectivity index (χ4n) is 5.98. The van der Waals surface area contributed by atoms with Crippen molar-refractivity contribution in [3.63, 3.8) is 0 Å². The van der Waals surface area contributed by atoms with Crippen LogP contribution in [0.25, 0.3) is 55.0 Å². The molecule has 0 bridgehead atoms. The molecule has 8 rings (SSSR count). The Bertz CT molecular complexity index is 1990. The molecule has 4 nitrogen and oxygen atoms in total. The summed E-state index contributed by atoms with van der Waals surface area (Å²) in [6.45, 7) is 1.28. The number of fused-ring (bicyclic) bond motifs is 7. The quantitative estimate of drug-likeness (QED) is 0.212. The summed E-state index contributed by atoms with van der Waals surface area (Å²) < 4.78 is 17.3. The highest BCUT2D eigenvalue weighted by atomic mass is 79.9. The molecule has 6 heteroatoms. The Hall–Kier alpha value is -3.84. The number of hydrogen-bond acceptors (Lipinski definition) is 2. The molecule has 0 N–H and O–H groups in total. The Morgan fingerprint density at radius 3 is 1.89 bits per heavy atom. The van der Waals surface area contributed by atoms with Crippen LogP contribution in [0.2, 0.25) is 0 Å². The summed E-state index contributed by atoms with van der Waals surface area (Å²) in [6, 6.07) is 39.1. The van der Waals surface area contributed by atoms with Crippen molar-refractivity contribution in [1.82, 2.24) is 9.13 Å². The third kappa shape index (κ3) is 3.24. The normalized spacial score (nSPS) is 14.0. The molecule has 1 aliphatic heterocycles. The molecule has 5 aromatic carbocycles. The lowest BCUT2D eigenvalue weighted by Crippen LogP contribution is -2.31. The van der Waals surface area contributed by atoms with Gasteiger partial charge in [0, 0.05) is 37.4 Å². The van der Waals surface area contributed by atoms with Crippen LogP contribution in [0.15, 0.2) is 114 Å². The van der Waals surface area contributed by atoms with Crippen molar-refractivity contribution in [3.8, 4) is 11.4 Å². The highest BCUT2D eigenvalue weighted by Crippen LogP contribution is 2.41. The molecule has 182 valence electrons. The van der Waals surface area contributed by atoms with Crippen LogP contribution in [0, 0.1) is 0 Å². The lowest BCUT2D eigenvalue weighted by molar-refractivity contribution is 0.365. The van der Waals surface area contributed by atoms with E-state index in [9.17, 15) is 0 Å². The van der Waals surface area contributed by atoms with E-state index in [2.05, 4.69) is 134 Å². The largest absolute Gasteiger partial charge is 0.494 e. The molecule has 38 heavy (non-hydrogen) atoms. The van der Waals surface area contributed by atoms with Crippen LogP contribution in [0.1, 0.15) is 0 Å². The number of nitrogens with zero attached hydrogens (tertiary/aromatic N) is 2. The van der Waals surface area contributed by atoms with Gasteiger partial charge in [-0.1, -0.05) is 70.5 Å². The fraction of sp³-hybridized carbons (Fsp3) is 0.0625. The molecule has 0 radical (unpaired) electrons. The summed E-state index contributed by atoms with van der Waals surface area (Å²) in [5.41, 5.74) is 8.10. The molecule has 1 fully saturated rings. The van der Waals surface area contributed by atoms with Crippen LogP contribution in [-0.4, -0.2) is 29.5 Å². The van der Waals surface area contributed by atoms with E-state index in [0.29, 0.717) is 13.2 Å². The molecule has 0 spiro atoms. The lowest BCUT2D eigenvalue weighted by atomic mass is 9.79. The molecule has 1 saturated heterocycles. The summed E-state index contributed by atoms with van der Waals surface area (Å²) in [5, 5.41) is 5.00. The predicted molar refractivity (Wildman–Crippen MR) is 160 cm³/mol. The smallest absolute Gasteiger partial charge is 0.405 e. The minimum Gasteiger partial charge on any atom is -0.405 e. The first-order valence-corrected chi connectivity index (χ1v) is 13.6. The van der Waals surface area contributed by atoms with Crippen molar-refractivity contribution < 1.29 is 9.31 Å². The second kappa shape index (κ2) is 8.60. The molecule has 7 aromatic rings. The third-order valence-corrected chi connectivity index (χ3v) is 8.13. The van der Waals surface area contributed by atoms with E-state index in [-0.39, 0.29) is 7.12 Å². The van der Waals surface area contributed by atoms with Gasteiger partial charge in [0.05, 0.1) is 35.3 Å². The van der Waals surface area contributed by atoms with Crippen molar-refractivity contribution in [1.29, 1.82) is 0 Å². The van der Waals surface area contributed by atoms with Crippen molar-refractivity contribution >= 4 is 72.1 Å². The van der Waals surface area contributed by atoms with Crippen LogP contribution in [0.4, 0.5) is 0 Å². The van der Waals surface area contributed by atoms with E-state index >= 15 is 0 Å². The van der Waals surface area contributed by atoms with Gasteiger partial charge in [0.15, 0.2) is 0 Å². The zero-order valence-corrected chi connectivity index (χ0v) is 22.1. The van der Waals surface area contributed by atoms with E-state index in [1.807, 2.05) is 0 Å². The molecule has 2 aromatic heterocycles. The third-order valence-electron chi connectivity index (χ3n) is 7.60. The van der Waals surface area contributed by atoms with E-state index in [1.165, 1.54) is 43.6 Å². The van der Waals surface area contributed by atoms with Gasteiger partial charge in [-0.15, -0.1) is 0 Å². The molecule has 0 aliphatic carbocycles. The van der Waals surface area contributed by atoms with Crippen LogP contribution in [-0.2, 0) is 9.31 Å². The van der Waals surface area contributed by atoms with Crippen molar-refractivity contribution in [2.24, 2.45) is 0 Å². The summed E-state index contributed by atoms with van der Waals surface area (Å²) in [7, 11) is -0.275. The minimum atomic E-state index is -0.275. The van der Waals surface area contributed by atoms with E-state index in [0.717, 1.165) is 21.3 Å². The standard InChI is InChI=1S/C32H22BBrN2O2/c34-22-11-15-24(16-12-22)36-28-7-3-1-5-25(28)26-17-18-30-31(32(26)36)27-6-2-4-8-29(27)35(30)23-13-9-21(10-14-23)33-37-19-20-38-33/h1-18H,19-20H2. The predicted octanol–water partition coefficient (Wildman–Crippen LogP) is 7.39. The van der Waals surface area contributed by atoms with Crippen LogP contribution in [0.5, 0.6) is 0 Å². The minimum absolute atomic E-state index is 0.275. The molecule has 0 unspecified atom stereocenters. The van der Waals surface area contributed by atoms with E-state index in [4.69, 9.17) is 9.31 Å². The average molecular weight is 557 g/mol. The zero-order chi connectivity index (χ0) is 25.2. The first-order valence-electron chi connectivity index (χ1n) is 12.8. The maximum Gasteiger partial charge on any atom is 0.494 e. The lowest BCUT2D eigenvalue weighted by Gasteiger charge is -2.11. The summed E-state index contributed by atoms with van der Waals surface area (Å²) >= 11 is 3.61. The van der Waals surface area contributed by atoms with Crippen LogP contribution < -0.4 is 5.46 Å². The first kappa shape index (κ1) is 22.2. The summed E-state index contributed by atoms with van der Waals surface area (Å²) in [4.78, 5) is 0. The Labute approximate surface area is 228 Å². The highest BCUT2D eigenvalue weighted by molar-refractivity contribution is 9.10. The number of benzene rings is 5. The monoisotopic (exact) mass is 556 g/mol. The van der Waals surface area contributed by atoms with Crippen LogP contribution in [0.3, 0.4) is 0 Å². The topological polar surface area (TPSA) is 28.3 Å². The molecule has 0 saturated carbocycles. The van der Waals surface area contributed by atoms with Gasteiger partial charge in [0.2, 0.25) is 0 Å². The zero-order valence-electron chi connectivity index (χ0n) is 20.5. The van der Waals surface area contributed by atoms with Crippen LogP contribution >= 0.6 is 15.9 Å². The number of aromatic nitrogens is 2. The number of rotatable bonds is 3. The van der Waals surface area contributed by atoms with Crippen molar-refractivity contribution in [2.45, 2.75) is 0 Å². The summed E-state index contributed by atoms with van der Waals surface area (Å²) in [5.74, 6) is 0. The first-order chi connectivity index (χ1) is 18.8. The van der Waals surface area contributed by atoms with Gasteiger partial charge in [-0.05, 0) is 60.1 Å². The van der Waals surface area contributed by atoms with E-state index < -0.39 is 0 Å². The van der Waals surface area contributed by atoms with Gasteiger partial charge in [0.25, 0.3) is 0 Å². The molecule has 0 amide bonds. The second-order valence-electron chi connectivity index (χ2n) is 9.70.